The number of rotatable bonds is 6. The molecule has 0 spiro atoms. The highest BCUT2D eigenvalue weighted by molar-refractivity contribution is 7.14. The molecule has 0 aliphatic carbocycles. The third-order valence-electron chi connectivity index (χ3n) is 2.85. The van der Waals surface area contributed by atoms with Gasteiger partial charge in [0.1, 0.15) is 17.3 Å². The zero-order valence-electron chi connectivity index (χ0n) is 12.8. The van der Waals surface area contributed by atoms with Crippen LogP contribution in [0.5, 0.6) is 11.5 Å². The van der Waals surface area contributed by atoms with Crippen LogP contribution in [-0.2, 0) is 4.74 Å². The molecule has 1 heterocycles. The molecular weight excluding hydrogens is 320 g/mol. The van der Waals surface area contributed by atoms with E-state index < -0.39 is 5.97 Å². The summed E-state index contributed by atoms with van der Waals surface area (Å²) < 4.78 is 15.2. The molecule has 23 heavy (non-hydrogen) atoms. The number of thiazole rings is 1. The first-order valence-electron chi connectivity index (χ1n) is 6.43. The van der Waals surface area contributed by atoms with E-state index in [1.54, 1.807) is 17.5 Å². The highest BCUT2D eigenvalue weighted by Crippen LogP contribution is 2.28. The molecule has 3 N–H and O–H groups in total. The summed E-state index contributed by atoms with van der Waals surface area (Å²) in [4.78, 5) is 16.0. The molecule has 0 saturated heterocycles. The lowest BCUT2D eigenvalue weighted by molar-refractivity contribution is 0.0599. The molecule has 0 aliphatic heterocycles. The van der Waals surface area contributed by atoms with E-state index in [2.05, 4.69) is 15.5 Å². The summed E-state index contributed by atoms with van der Waals surface area (Å²) in [6.45, 7) is 0. The Morgan fingerprint density at radius 1 is 1.35 bits per heavy atom. The van der Waals surface area contributed by atoms with E-state index in [1.165, 1.54) is 38.9 Å². The van der Waals surface area contributed by atoms with Gasteiger partial charge in [0, 0.05) is 11.4 Å². The van der Waals surface area contributed by atoms with Gasteiger partial charge in [0.25, 0.3) is 0 Å². The minimum atomic E-state index is -0.526. The second kappa shape index (κ2) is 7.45. The predicted molar refractivity (Wildman–Crippen MR) is 88.6 cm³/mol. The molecule has 0 fully saturated rings. The van der Waals surface area contributed by atoms with Crippen molar-refractivity contribution in [2.75, 3.05) is 32.5 Å². The zero-order chi connectivity index (χ0) is 16.8. The van der Waals surface area contributed by atoms with Crippen LogP contribution in [0.25, 0.3) is 0 Å². The number of hydrogen-bond acceptors (Lipinski definition) is 9. The average Bonchev–Trinajstić information content (AvgIpc) is 2.99. The molecule has 0 amide bonds. The molecule has 122 valence electrons. The third kappa shape index (κ3) is 3.89. The molecule has 9 heteroatoms. The monoisotopic (exact) mass is 336 g/mol. The topological polar surface area (TPSA) is 108 Å². The van der Waals surface area contributed by atoms with Crippen LogP contribution in [0.4, 0.5) is 10.9 Å². The van der Waals surface area contributed by atoms with E-state index >= 15 is 0 Å². The van der Waals surface area contributed by atoms with Gasteiger partial charge in [-0.3, -0.25) is 5.43 Å². The number of hydrazone groups is 1. The molecule has 2 rings (SSSR count). The van der Waals surface area contributed by atoms with E-state index in [0.29, 0.717) is 28.0 Å². The van der Waals surface area contributed by atoms with E-state index in [1.807, 2.05) is 0 Å². The van der Waals surface area contributed by atoms with Crippen molar-refractivity contribution in [1.82, 2.24) is 4.98 Å². The molecule has 0 atom stereocenters. The molecule has 8 nitrogen and oxygen atoms in total. The molecule has 0 unspecified atom stereocenters. The Kier molecular flexibility index (Phi) is 5.36. The van der Waals surface area contributed by atoms with Crippen molar-refractivity contribution in [1.29, 1.82) is 0 Å². The fraction of sp³-hybridized carbons (Fsp3) is 0.214. The normalized spacial score (nSPS) is 10.6. The summed E-state index contributed by atoms with van der Waals surface area (Å²) >= 11 is 1.31. The van der Waals surface area contributed by atoms with Crippen LogP contribution in [0.15, 0.2) is 22.6 Å². The number of methoxy groups -OCH3 is 3. The largest absolute Gasteiger partial charge is 0.497 e. The summed E-state index contributed by atoms with van der Waals surface area (Å²) in [5.74, 6) is 0.779. The Morgan fingerprint density at radius 3 is 2.70 bits per heavy atom. The number of aromatic nitrogens is 1. The lowest BCUT2D eigenvalue weighted by Gasteiger charge is -2.11. The van der Waals surface area contributed by atoms with E-state index in [9.17, 15) is 4.79 Å². The first-order chi connectivity index (χ1) is 11.1. The quantitative estimate of drug-likeness (QED) is 0.471. The number of nitrogens with two attached hydrogens (primary N) is 1. The van der Waals surface area contributed by atoms with E-state index in [4.69, 9.17) is 19.9 Å². The van der Waals surface area contributed by atoms with Crippen LogP contribution in [0, 0.1) is 0 Å². The van der Waals surface area contributed by atoms with Gasteiger partial charge >= 0.3 is 5.97 Å². The molecular formula is C14H16N4O4S. The number of hydrogen-bond donors (Lipinski definition) is 2. The molecule has 1 aromatic heterocycles. The Morgan fingerprint density at radius 2 is 2.13 bits per heavy atom. The van der Waals surface area contributed by atoms with Gasteiger partial charge in [0.05, 0.1) is 38.7 Å². The van der Waals surface area contributed by atoms with Crippen molar-refractivity contribution in [3.8, 4) is 11.5 Å². The fourth-order valence-electron chi connectivity index (χ4n) is 1.79. The maximum Gasteiger partial charge on any atom is 0.338 e. The number of anilines is 2. The number of nitrogens with zero attached hydrogens (tertiary/aromatic N) is 2. The number of carbonyl (C=O) groups is 1. The van der Waals surface area contributed by atoms with Crippen LogP contribution in [-0.4, -0.2) is 38.5 Å². The van der Waals surface area contributed by atoms with Gasteiger partial charge in [0.2, 0.25) is 5.13 Å². The molecule has 0 bridgehead atoms. The number of nitrogens with one attached hydrogen (secondary N) is 1. The first kappa shape index (κ1) is 16.6. The standard InChI is InChI=1S/C14H16N4O4S/c1-20-8-4-9(13(19)22-3)10(11(5-8)21-2)6-16-18-14-17-12(15)7-23-14/h4-7H,15H2,1-3H3,(H,17,18). The Labute approximate surface area is 136 Å². The highest BCUT2D eigenvalue weighted by Gasteiger charge is 2.17. The van der Waals surface area contributed by atoms with Crippen LogP contribution in [0.2, 0.25) is 0 Å². The van der Waals surface area contributed by atoms with Gasteiger partial charge in [0.15, 0.2) is 0 Å². The minimum absolute atomic E-state index is 0.271. The summed E-state index contributed by atoms with van der Waals surface area (Å²) in [6.07, 6.45) is 1.45. The second-order valence-corrected chi connectivity index (χ2v) is 5.09. The number of esters is 1. The number of nitrogen functional groups attached to an aromatic ring is 1. The first-order valence-corrected chi connectivity index (χ1v) is 7.31. The zero-order valence-corrected chi connectivity index (χ0v) is 13.6. The molecule has 2 aromatic rings. The van der Waals surface area contributed by atoms with Gasteiger partial charge in [-0.1, -0.05) is 0 Å². The second-order valence-electron chi connectivity index (χ2n) is 4.23. The lowest BCUT2D eigenvalue weighted by atomic mass is 10.1. The fourth-order valence-corrected chi connectivity index (χ4v) is 2.34. The summed E-state index contributed by atoms with van der Waals surface area (Å²) in [5, 5.41) is 6.27. The van der Waals surface area contributed by atoms with Gasteiger partial charge in [-0.15, -0.1) is 11.3 Å². The van der Waals surface area contributed by atoms with Crippen LogP contribution in [0.1, 0.15) is 15.9 Å². The van der Waals surface area contributed by atoms with Gasteiger partial charge in [-0.25, -0.2) is 9.78 Å². The maximum atomic E-state index is 12.0. The minimum Gasteiger partial charge on any atom is -0.497 e. The Balaban J connectivity index is 2.36. The van der Waals surface area contributed by atoms with Crippen molar-refractivity contribution in [2.24, 2.45) is 5.10 Å². The molecule has 0 aliphatic rings. The van der Waals surface area contributed by atoms with Gasteiger partial charge in [-0.05, 0) is 6.07 Å². The summed E-state index contributed by atoms with van der Waals surface area (Å²) in [7, 11) is 4.28. The maximum absolute atomic E-state index is 12.0. The Bertz CT molecular complexity index is 730. The van der Waals surface area contributed by atoms with Crippen molar-refractivity contribution in [2.45, 2.75) is 0 Å². The molecule has 0 radical (unpaired) electrons. The number of carbonyl (C=O) groups excluding carboxylic acids is 1. The lowest BCUT2D eigenvalue weighted by Crippen LogP contribution is -2.08. The van der Waals surface area contributed by atoms with Crippen molar-refractivity contribution < 1.29 is 19.0 Å². The van der Waals surface area contributed by atoms with Crippen LogP contribution in [0.3, 0.4) is 0 Å². The predicted octanol–water partition coefficient (Wildman–Crippen LogP) is 1.98. The number of ether oxygens (including phenoxy) is 3. The van der Waals surface area contributed by atoms with Crippen molar-refractivity contribution >= 4 is 34.5 Å². The van der Waals surface area contributed by atoms with Crippen LogP contribution < -0.4 is 20.6 Å². The summed E-state index contributed by atoms with van der Waals surface area (Å²) in [5.41, 5.74) is 9.00. The van der Waals surface area contributed by atoms with Crippen LogP contribution >= 0.6 is 11.3 Å². The average molecular weight is 336 g/mol. The highest BCUT2D eigenvalue weighted by atomic mass is 32.1. The summed E-state index contributed by atoms with van der Waals surface area (Å²) in [6, 6.07) is 3.20. The smallest absolute Gasteiger partial charge is 0.338 e. The van der Waals surface area contributed by atoms with Gasteiger partial charge < -0.3 is 19.9 Å². The van der Waals surface area contributed by atoms with E-state index in [0.717, 1.165) is 0 Å². The SMILES string of the molecule is COC(=O)c1cc(OC)cc(OC)c1C=NNc1nc(N)cs1. The van der Waals surface area contributed by atoms with Gasteiger partial charge in [-0.2, -0.15) is 5.10 Å². The van der Waals surface area contributed by atoms with Crippen molar-refractivity contribution in [3.63, 3.8) is 0 Å². The molecule has 1 aromatic carbocycles. The third-order valence-corrected chi connectivity index (χ3v) is 3.62. The molecule has 0 saturated carbocycles. The number of benzene rings is 1. The Hall–Kier alpha value is -2.81. The van der Waals surface area contributed by atoms with Crippen molar-refractivity contribution in [3.05, 3.63) is 28.6 Å². The van der Waals surface area contributed by atoms with E-state index in [-0.39, 0.29) is 5.56 Å².